The van der Waals surface area contributed by atoms with E-state index in [0.717, 1.165) is 12.1 Å². The summed E-state index contributed by atoms with van der Waals surface area (Å²) in [4.78, 5) is 0. The molecule has 13 heteroatoms. The summed E-state index contributed by atoms with van der Waals surface area (Å²) in [6, 6.07) is 4.43. The monoisotopic (exact) mass is 413 g/mol. The molecule has 1 atom stereocenters. The molecule has 0 aliphatic carbocycles. The zero-order valence-electron chi connectivity index (χ0n) is 13.0. The van der Waals surface area contributed by atoms with Crippen LogP contribution in [0.3, 0.4) is 0 Å². The zero-order valence-corrected chi connectivity index (χ0v) is 14.6. The third-order valence-electron chi connectivity index (χ3n) is 2.71. The van der Waals surface area contributed by atoms with E-state index < -0.39 is 42.2 Å². The van der Waals surface area contributed by atoms with Gasteiger partial charge in [-0.3, -0.25) is 0 Å². The van der Waals surface area contributed by atoms with Gasteiger partial charge in [0.2, 0.25) is 0 Å². The van der Waals surface area contributed by atoms with Crippen LogP contribution in [0.25, 0.3) is 0 Å². The fourth-order valence-electron chi connectivity index (χ4n) is 1.42. The van der Waals surface area contributed by atoms with E-state index in [1.807, 2.05) is 0 Å². The minimum absolute atomic E-state index is 0.395. The van der Waals surface area contributed by atoms with Crippen LogP contribution in [0, 0.1) is 0 Å². The number of benzene rings is 1. The molecule has 0 amide bonds. The van der Waals surface area contributed by atoms with E-state index in [-0.39, 0.29) is 0 Å². The fourth-order valence-corrected chi connectivity index (χ4v) is 3.71. The Bertz CT molecular complexity index is 842. The van der Waals surface area contributed by atoms with Crippen molar-refractivity contribution < 1.29 is 43.2 Å². The number of hydrogen-bond acceptors (Lipinski definition) is 4. The second-order valence-corrected chi connectivity index (χ2v) is 9.36. The maximum Gasteiger partial charge on any atom is 0.519 e. The van der Waals surface area contributed by atoms with Gasteiger partial charge in [-0.25, -0.2) is 0 Å². The topological polar surface area (TPSA) is 72.8 Å². The Morgan fingerprint density at radius 3 is 1.60 bits per heavy atom. The smallest absolute Gasteiger partial charge is 0.389 e. The lowest BCUT2D eigenvalue weighted by Crippen LogP contribution is -2.32. The van der Waals surface area contributed by atoms with Gasteiger partial charge in [-0.15, -0.1) is 0 Å². The Morgan fingerprint density at radius 1 is 0.840 bits per heavy atom. The highest BCUT2D eigenvalue weighted by Crippen LogP contribution is 2.34. The predicted molar refractivity (Wildman–Crippen MR) is 77.4 cm³/mol. The standard InChI is InChI=1S/C12H13F6NO4S2/c1-10(2,3)8-4-6-9(7-5-8)23-25(22,12(16,17)18)19-24(20,21)11(13,14)15/h4-7H,1-3H3. The van der Waals surface area contributed by atoms with Crippen molar-refractivity contribution in [3.8, 4) is 5.75 Å². The molecule has 0 saturated carbocycles. The van der Waals surface area contributed by atoms with Gasteiger partial charge in [-0.05, 0) is 23.1 Å². The van der Waals surface area contributed by atoms with Crippen molar-refractivity contribution in [3.05, 3.63) is 29.8 Å². The first-order valence-corrected chi connectivity index (χ1v) is 9.23. The van der Waals surface area contributed by atoms with Crippen LogP contribution in [0.5, 0.6) is 5.75 Å². The van der Waals surface area contributed by atoms with Crippen LogP contribution in [0.1, 0.15) is 26.3 Å². The van der Waals surface area contributed by atoms with Gasteiger partial charge < -0.3 is 4.18 Å². The van der Waals surface area contributed by atoms with Crippen LogP contribution in [-0.4, -0.2) is 23.6 Å². The molecule has 0 aliphatic heterocycles. The molecule has 0 saturated heterocycles. The van der Waals surface area contributed by atoms with E-state index in [2.05, 4.69) is 4.18 Å². The Morgan fingerprint density at radius 2 is 1.28 bits per heavy atom. The first kappa shape index (κ1) is 21.5. The highest BCUT2D eigenvalue weighted by atomic mass is 32.3. The predicted octanol–water partition coefficient (Wildman–Crippen LogP) is 4.12. The average molecular weight is 413 g/mol. The Hall–Kier alpha value is -1.50. The molecular weight excluding hydrogens is 400 g/mol. The van der Waals surface area contributed by atoms with Gasteiger partial charge in [0.15, 0.2) is 0 Å². The molecule has 0 fully saturated rings. The van der Waals surface area contributed by atoms with Crippen LogP contribution >= 0.6 is 0 Å². The van der Waals surface area contributed by atoms with Crippen LogP contribution in [0.4, 0.5) is 26.3 Å². The van der Waals surface area contributed by atoms with Gasteiger partial charge in [0, 0.05) is 0 Å². The minimum atomic E-state index is -6.69. The van der Waals surface area contributed by atoms with Gasteiger partial charge in [0.25, 0.3) is 0 Å². The minimum Gasteiger partial charge on any atom is -0.389 e. The SMILES string of the molecule is CC(C)(C)c1ccc(OS(=O)(=NS(=O)(=O)C(F)(F)F)C(F)(F)F)cc1. The summed E-state index contributed by atoms with van der Waals surface area (Å²) in [5.41, 5.74) is -11.9. The van der Waals surface area contributed by atoms with E-state index >= 15 is 0 Å². The highest BCUT2D eigenvalue weighted by molar-refractivity contribution is 8.01. The van der Waals surface area contributed by atoms with Crippen molar-refractivity contribution in [3.63, 3.8) is 0 Å². The quantitative estimate of drug-likeness (QED) is 0.699. The second-order valence-electron chi connectivity index (χ2n) is 5.77. The summed E-state index contributed by atoms with van der Waals surface area (Å²) in [6.45, 7) is 5.35. The van der Waals surface area contributed by atoms with Gasteiger partial charge in [0.1, 0.15) is 5.75 Å². The molecule has 25 heavy (non-hydrogen) atoms. The summed E-state index contributed by atoms with van der Waals surface area (Å²) in [6.07, 6.45) is 0. The molecule has 0 N–H and O–H groups in total. The summed E-state index contributed by atoms with van der Waals surface area (Å²) in [5, 5.41) is 0. The Balaban J connectivity index is 3.43. The zero-order chi connectivity index (χ0) is 19.9. The van der Waals surface area contributed by atoms with E-state index in [1.165, 1.54) is 15.9 Å². The van der Waals surface area contributed by atoms with Crippen molar-refractivity contribution >= 4 is 20.0 Å². The van der Waals surface area contributed by atoms with Crippen molar-refractivity contribution in [1.29, 1.82) is 0 Å². The molecule has 144 valence electrons. The first-order chi connectivity index (χ1) is 10.9. The van der Waals surface area contributed by atoms with Crippen molar-refractivity contribution in [2.45, 2.75) is 37.2 Å². The lowest BCUT2D eigenvalue weighted by molar-refractivity contribution is -0.0470. The van der Waals surface area contributed by atoms with Crippen LogP contribution in [0.15, 0.2) is 28.0 Å². The van der Waals surface area contributed by atoms with Gasteiger partial charge >= 0.3 is 31.0 Å². The largest absolute Gasteiger partial charge is 0.519 e. The Labute approximate surface area is 140 Å². The number of hydrogen-bond donors (Lipinski definition) is 0. The highest BCUT2D eigenvalue weighted by Gasteiger charge is 2.53. The summed E-state index contributed by atoms with van der Waals surface area (Å²) in [5.74, 6) is -0.753. The van der Waals surface area contributed by atoms with Crippen LogP contribution in [-0.2, 0) is 25.4 Å². The molecule has 0 aliphatic rings. The maximum atomic E-state index is 12.9. The maximum absolute atomic E-state index is 12.9. The van der Waals surface area contributed by atoms with E-state index in [0.29, 0.717) is 5.56 Å². The molecule has 0 heterocycles. The molecule has 1 aromatic carbocycles. The molecule has 0 spiro atoms. The lowest BCUT2D eigenvalue weighted by atomic mass is 9.87. The van der Waals surface area contributed by atoms with E-state index in [9.17, 15) is 39.0 Å². The van der Waals surface area contributed by atoms with Crippen LogP contribution < -0.4 is 4.18 Å². The molecule has 1 aromatic rings. The van der Waals surface area contributed by atoms with Gasteiger partial charge in [-0.1, -0.05) is 36.7 Å². The average Bonchev–Trinajstić information content (AvgIpc) is 2.34. The van der Waals surface area contributed by atoms with Crippen LogP contribution in [0.2, 0.25) is 0 Å². The summed E-state index contributed by atoms with van der Waals surface area (Å²) in [7, 11) is -12.9. The lowest BCUT2D eigenvalue weighted by Gasteiger charge is -2.19. The fraction of sp³-hybridized carbons (Fsp3) is 0.500. The number of nitrogens with zero attached hydrogens (tertiary/aromatic N) is 1. The van der Waals surface area contributed by atoms with E-state index in [4.69, 9.17) is 0 Å². The number of halogens is 6. The Kier molecular flexibility index (Phi) is 5.46. The molecule has 0 bridgehead atoms. The molecule has 5 nitrogen and oxygen atoms in total. The van der Waals surface area contributed by atoms with Crippen molar-refractivity contribution in [2.75, 3.05) is 0 Å². The number of alkyl halides is 6. The summed E-state index contributed by atoms with van der Waals surface area (Å²) >= 11 is 0. The van der Waals surface area contributed by atoms with Crippen molar-refractivity contribution in [2.24, 2.45) is 3.77 Å². The second kappa shape index (κ2) is 6.34. The molecule has 1 unspecified atom stereocenters. The summed E-state index contributed by atoms with van der Waals surface area (Å²) < 4.78 is 114. The van der Waals surface area contributed by atoms with Crippen molar-refractivity contribution in [1.82, 2.24) is 0 Å². The van der Waals surface area contributed by atoms with Gasteiger partial charge in [0.05, 0.1) is 0 Å². The third kappa shape index (κ3) is 5.00. The number of rotatable bonds is 3. The van der Waals surface area contributed by atoms with Gasteiger partial charge in [-0.2, -0.15) is 39.0 Å². The molecule has 0 radical (unpaired) electrons. The molecule has 0 aromatic heterocycles. The normalized spacial score (nSPS) is 16.2. The van der Waals surface area contributed by atoms with E-state index in [1.54, 1.807) is 20.8 Å². The number of sulfonamides is 1. The molecular formula is C12H13F6NO4S2. The third-order valence-corrected chi connectivity index (χ3v) is 5.87. The molecule has 1 rings (SSSR count). The first-order valence-electron chi connectivity index (χ1n) is 6.35.